The predicted octanol–water partition coefficient (Wildman–Crippen LogP) is 4.15. The van der Waals surface area contributed by atoms with Gasteiger partial charge in [0.05, 0.1) is 31.4 Å². The number of anilines is 2. The van der Waals surface area contributed by atoms with Crippen LogP contribution in [0.4, 0.5) is 11.6 Å². The van der Waals surface area contributed by atoms with E-state index in [1.54, 1.807) is 48.2 Å². The van der Waals surface area contributed by atoms with E-state index < -0.39 is 0 Å². The highest BCUT2D eigenvalue weighted by atomic mass is 16.5. The summed E-state index contributed by atoms with van der Waals surface area (Å²) >= 11 is 0. The number of nitrogens with zero attached hydrogens (tertiary/aromatic N) is 6. The average Bonchev–Trinajstić information content (AvgIpc) is 3.49. The first-order chi connectivity index (χ1) is 17.0. The highest BCUT2D eigenvalue weighted by Crippen LogP contribution is 2.24. The van der Waals surface area contributed by atoms with Crippen LogP contribution in [0.1, 0.15) is 16.1 Å². The fourth-order valence-electron chi connectivity index (χ4n) is 3.84. The van der Waals surface area contributed by atoms with Crippen molar-refractivity contribution >= 4 is 23.2 Å². The minimum Gasteiger partial charge on any atom is -0.497 e. The number of fused-ring (bicyclic) bond motifs is 1. The number of imidazole rings is 1. The van der Waals surface area contributed by atoms with Gasteiger partial charge in [-0.25, -0.2) is 9.50 Å². The van der Waals surface area contributed by atoms with Gasteiger partial charge in [0.15, 0.2) is 5.65 Å². The van der Waals surface area contributed by atoms with Crippen LogP contribution in [0.25, 0.3) is 16.9 Å². The second-order valence-corrected chi connectivity index (χ2v) is 8.20. The third kappa shape index (κ3) is 4.56. The van der Waals surface area contributed by atoms with Crippen molar-refractivity contribution in [1.29, 1.82) is 0 Å². The number of nitrogens with one attached hydrogen (secondary N) is 1. The first-order valence-electron chi connectivity index (χ1n) is 11.1. The molecule has 2 aromatic carbocycles. The molecule has 0 saturated heterocycles. The number of carbonyl (C=O) groups excluding carboxylic acids is 1. The number of carbonyl (C=O) groups is 1. The standard InChI is InChI=1S/C26H25N7O2/c1-31(16-21-15-27-17-32(21)2)25(34)19-7-11-20(12-8-19)28-26-29-24-6-4-5-23(33(24)30-26)18-9-13-22(35-3)14-10-18/h4-15,17H,16H2,1-3H3,(H,28,30). The van der Waals surface area contributed by atoms with E-state index in [0.717, 1.165) is 34.0 Å². The molecule has 176 valence electrons. The fourth-order valence-corrected chi connectivity index (χ4v) is 3.84. The maximum Gasteiger partial charge on any atom is 0.253 e. The number of amides is 1. The van der Waals surface area contributed by atoms with E-state index >= 15 is 0 Å². The molecule has 9 nitrogen and oxygen atoms in total. The van der Waals surface area contributed by atoms with Gasteiger partial charge in [-0.05, 0) is 60.7 Å². The van der Waals surface area contributed by atoms with Gasteiger partial charge in [-0.2, -0.15) is 4.98 Å². The summed E-state index contributed by atoms with van der Waals surface area (Å²) in [5.41, 5.74) is 5.01. The largest absolute Gasteiger partial charge is 0.497 e. The lowest BCUT2D eigenvalue weighted by atomic mass is 10.1. The van der Waals surface area contributed by atoms with E-state index in [0.29, 0.717) is 18.1 Å². The quantitative estimate of drug-likeness (QED) is 0.387. The van der Waals surface area contributed by atoms with Crippen LogP contribution in [0.2, 0.25) is 0 Å². The molecular weight excluding hydrogens is 442 g/mol. The van der Waals surface area contributed by atoms with E-state index in [2.05, 4.69) is 20.4 Å². The molecule has 0 aliphatic carbocycles. The SMILES string of the molecule is COc1ccc(-c2cccc3nc(Nc4ccc(C(=O)N(C)Cc5cncn5C)cc4)nn23)cc1. The van der Waals surface area contributed by atoms with Crippen LogP contribution in [-0.2, 0) is 13.6 Å². The number of hydrogen-bond donors (Lipinski definition) is 1. The van der Waals surface area contributed by atoms with Crippen molar-refractivity contribution in [2.24, 2.45) is 7.05 Å². The third-order valence-electron chi connectivity index (χ3n) is 5.80. The number of ether oxygens (including phenoxy) is 1. The van der Waals surface area contributed by atoms with Gasteiger partial charge in [-0.15, -0.1) is 5.10 Å². The molecule has 0 unspecified atom stereocenters. The molecular formula is C26H25N7O2. The Morgan fingerprint density at radius 2 is 1.83 bits per heavy atom. The monoisotopic (exact) mass is 467 g/mol. The number of benzene rings is 2. The molecule has 0 saturated carbocycles. The number of pyridine rings is 1. The van der Waals surface area contributed by atoms with Crippen molar-refractivity contribution in [1.82, 2.24) is 29.0 Å². The molecule has 3 aromatic heterocycles. The molecule has 5 rings (SSSR count). The maximum atomic E-state index is 12.8. The Morgan fingerprint density at radius 3 is 2.51 bits per heavy atom. The molecule has 35 heavy (non-hydrogen) atoms. The molecule has 0 aliphatic rings. The number of aryl methyl sites for hydroxylation is 1. The molecule has 0 bridgehead atoms. The molecule has 0 atom stereocenters. The third-order valence-corrected chi connectivity index (χ3v) is 5.80. The van der Waals surface area contributed by atoms with Crippen LogP contribution < -0.4 is 10.1 Å². The summed E-state index contributed by atoms with van der Waals surface area (Å²) in [6.45, 7) is 0.483. The summed E-state index contributed by atoms with van der Waals surface area (Å²) in [5.74, 6) is 1.21. The Kier molecular flexibility index (Phi) is 5.88. The average molecular weight is 468 g/mol. The van der Waals surface area contributed by atoms with E-state index in [4.69, 9.17) is 4.74 Å². The van der Waals surface area contributed by atoms with Crippen molar-refractivity contribution < 1.29 is 9.53 Å². The van der Waals surface area contributed by atoms with E-state index in [-0.39, 0.29) is 5.91 Å². The second-order valence-electron chi connectivity index (χ2n) is 8.20. The van der Waals surface area contributed by atoms with Crippen molar-refractivity contribution in [2.75, 3.05) is 19.5 Å². The summed E-state index contributed by atoms with van der Waals surface area (Å²) in [6.07, 6.45) is 3.49. The van der Waals surface area contributed by atoms with Crippen LogP contribution in [0.15, 0.2) is 79.3 Å². The summed E-state index contributed by atoms with van der Waals surface area (Å²) in [4.78, 5) is 23.2. The zero-order valence-corrected chi connectivity index (χ0v) is 19.7. The minimum atomic E-state index is -0.0623. The zero-order chi connectivity index (χ0) is 24.4. The van der Waals surface area contributed by atoms with Gasteiger partial charge in [-0.1, -0.05) is 6.07 Å². The van der Waals surface area contributed by atoms with Crippen LogP contribution >= 0.6 is 0 Å². The number of aromatic nitrogens is 5. The highest BCUT2D eigenvalue weighted by molar-refractivity contribution is 5.94. The van der Waals surface area contributed by atoms with Gasteiger partial charge < -0.3 is 19.5 Å². The topological polar surface area (TPSA) is 89.6 Å². The van der Waals surface area contributed by atoms with Crippen molar-refractivity contribution in [3.05, 3.63) is 90.5 Å². The van der Waals surface area contributed by atoms with Gasteiger partial charge in [-0.3, -0.25) is 4.79 Å². The molecule has 0 radical (unpaired) electrons. The van der Waals surface area contributed by atoms with Crippen molar-refractivity contribution in [3.8, 4) is 17.0 Å². The molecule has 0 aliphatic heterocycles. The lowest BCUT2D eigenvalue weighted by molar-refractivity contribution is 0.0782. The van der Waals surface area contributed by atoms with Gasteiger partial charge in [0, 0.05) is 37.1 Å². The summed E-state index contributed by atoms with van der Waals surface area (Å²) < 4.78 is 8.96. The second kappa shape index (κ2) is 9.30. The Labute approximate surface area is 202 Å². The molecule has 1 N–H and O–H groups in total. The van der Waals surface area contributed by atoms with Gasteiger partial charge in [0.2, 0.25) is 5.95 Å². The smallest absolute Gasteiger partial charge is 0.253 e. The summed E-state index contributed by atoms with van der Waals surface area (Å²) in [7, 11) is 5.34. The molecule has 5 aromatic rings. The van der Waals surface area contributed by atoms with Gasteiger partial charge >= 0.3 is 0 Å². The first-order valence-corrected chi connectivity index (χ1v) is 11.1. The minimum absolute atomic E-state index is 0.0623. The first kappa shape index (κ1) is 22.1. The molecule has 3 heterocycles. The predicted molar refractivity (Wildman–Crippen MR) is 134 cm³/mol. The lowest BCUT2D eigenvalue weighted by Crippen LogP contribution is -2.27. The summed E-state index contributed by atoms with van der Waals surface area (Å²) in [6, 6.07) is 21.0. The highest BCUT2D eigenvalue weighted by Gasteiger charge is 2.14. The summed E-state index contributed by atoms with van der Waals surface area (Å²) in [5, 5.41) is 7.87. The van der Waals surface area contributed by atoms with E-state index in [9.17, 15) is 4.79 Å². The van der Waals surface area contributed by atoms with Crippen LogP contribution in [0.3, 0.4) is 0 Å². The normalized spacial score (nSPS) is 10.9. The van der Waals surface area contributed by atoms with Crippen LogP contribution in [0.5, 0.6) is 5.75 Å². The Balaban J connectivity index is 1.32. The van der Waals surface area contributed by atoms with Crippen molar-refractivity contribution in [3.63, 3.8) is 0 Å². The molecule has 9 heteroatoms. The Morgan fingerprint density at radius 1 is 1.06 bits per heavy atom. The molecule has 1 amide bonds. The molecule has 0 fully saturated rings. The number of methoxy groups -OCH3 is 1. The number of rotatable bonds is 7. The van der Waals surface area contributed by atoms with Gasteiger partial charge in [0.1, 0.15) is 5.75 Å². The van der Waals surface area contributed by atoms with Crippen LogP contribution in [0, 0.1) is 0 Å². The van der Waals surface area contributed by atoms with E-state index in [1.165, 1.54) is 0 Å². The maximum absolute atomic E-state index is 12.8. The lowest BCUT2D eigenvalue weighted by Gasteiger charge is -2.17. The van der Waals surface area contributed by atoms with Gasteiger partial charge in [0.25, 0.3) is 5.91 Å². The zero-order valence-electron chi connectivity index (χ0n) is 19.7. The number of hydrogen-bond acceptors (Lipinski definition) is 6. The Hall–Kier alpha value is -4.66. The fraction of sp³-hybridized carbons (Fsp3) is 0.154. The van der Waals surface area contributed by atoms with Crippen molar-refractivity contribution in [2.45, 2.75) is 6.54 Å². The van der Waals surface area contributed by atoms with E-state index in [1.807, 2.05) is 66.2 Å². The Bertz CT molecular complexity index is 1470. The molecule has 0 spiro atoms. The van der Waals surface area contributed by atoms with Crippen LogP contribution in [-0.4, -0.2) is 49.1 Å².